The maximum absolute atomic E-state index is 5.59. The average Bonchev–Trinajstić information content (AvgIpc) is 2.10. The van der Waals surface area contributed by atoms with E-state index < -0.39 is 0 Å². The number of hydrogen-bond donors (Lipinski definition) is 1. The largest absolute Gasteiger partial charge is 1.00 e. The van der Waals surface area contributed by atoms with Crippen molar-refractivity contribution in [3.05, 3.63) is 24.3 Å². The number of anilines is 2. The maximum atomic E-state index is 5.59. The molecule has 0 saturated carbocycles. The van der Waals surface area contributed by atoms with Crippen LogP contribution in [0, 0.1) is 0 Å². The predicted molar refractivity (Wildman–Crippen MR) is 85.2 cm³/mol. The third-order valence-corrected chi connectivity index (χ3v) is 2.02. The fraction of sp³-hybridized carbons (Fsp3) is 0.400. The summed E-state index contributed by atoms with van der Waals surface area (Å²) in [6.07, 6.45) is 0. The van der Waals surface area contributed by atoms with Gasteiger partial charge in [-0.2, -0.15) is 0 Å². The molecule has 0 fully saturated rings. The van der Waals surface area contributed by atoms with Gasteiger partial charge in [0.05, 0.1) is 0 Å². The topological polar surface area (TPSA) is 29.3 Å². The van der Waals surface area contributed by atoms with Gasteiger partial charge in [0, 0.05) is 24.5 Å². The van der Waals surface area contributed by atoms with Crippen molar-refractivity contribution < 1.29 is 75.4 Å². The van der Waals surface area contributed by atoms with E-state index in [-0.39, 0.29) is 123 Å². The number of benzene rings is 1. The second kappa shape index (κ2) is 15.7. The minimum absolute atomic E-state index is 0. The van der Waals surface area contributed by atoms with Crippen molar-refractivity contribution in [1.82, 2.24) is 0 Å². The van der Waals surface area contributed by atoms with Gasteiger partial charge in [0.1, 0.15) is 0 Å². The molecule has 0 saturated heterocycles. The second-order valence-corrected chi connectivity index (χ2v) is 2.76. The van der Waals surface area contributed by atoms with E-state index in [0.29, 0.717) is 0 Å². The average molecular weight is 586 g/mol. The van der Waals surface area contributed by atoms with E-state index in [4.69, 9.17) is 5.73 Å². The Labute approximate surface area is 192 Å². The van der Waals surface area contributed by atoms with Crippen LogP contribution in [-0.2, 0) is 0 Å². The van der Waals surface area contributed by atoms with Crippen LogP contribution in [0.15, 0.2) is 24.3 Å². The SMILES string of the molecule is CCN(CC)c1ccc(N)cc1.I.I.[I-].[K+]. The summed E-state index contributed by atoms with van der Waals surface area (Å²) in [6.45, 7) is 6.39. The zero-order valence-corrected chi connectivity index (χ0v) is 19.9. The molecule has 0 spiro atoms. The molecular formula is C10H18I3KN2. The van der Waals surface area contributed by atoms with Gasteiger partial charge in [-0.3, -0.25) is 0 Å². The van der Waals surface area contributed by atoms with Crippen LogP contribution in [0.1, 0.15) is 13.8 Å². The minimum atomic E-state index is 0. The van der Waals surface area contributed by atoms with E-state index in [9.17, 15) is 0 Å². The van der Waals surface area contributed by atoms with E-state index in [0.717, 1.165) is 18.8 Å². The smallest absolute Gasteiger partial charge is 1.00 e. The summed E-state index contributed by atoms with van der Waals surface area (Å²) in [5.74, 6) is 0. The molecule has 0 unspecified atom stereocenters. The Morgan fingerprint density at radius 1 is 1.00 bits per heavy atom. The van der Waals surface area contributed by atoms with Gasteiger partial charge in [-0.1, -0.05) is 0 Å². The number of halogens is 3. The van der Waals surface area contributed by atoms with Crippen LogP contribution in [0.5, 0.6) is 0 Å². The number of nitrogens with zero attached hydrogens (tertiary/aromatic N) is 1. The molecule has 1 rings (SSSR count). The number of nitrogens with two attached hydrogens (primary N) is 1. The molecular weight excluding hydrogens is 568 g/mol. The van der Waals surface area contributed by atoms with Crippen LogP contribution in [-0.4, -0.2) is 13.1 Å². The molecule has 16 heavy (non-hydrogen) atoms. The molecule has 0 radical (unpaired) electrons. The maximum Gasteiger partial charge on any atom is 1.00 e. The normalized spacial score (nSPS) is 7.38. The summed E-state index contributed by atoms with van der Waals surface area (Å²) in [5, 5.41) is 0. The molecule has 1 aromatic rings. The van der Waals surface area contributed by atoms with Crippen LogP contribution < -0.4 is 86.0 Å². The van der Waals surface area contributed by atoms with Crippen LogP contribution in [0.2, 0.25) is 0 Å². The summed E-state index contributed by atoms with van der Waals surface area (Å²) in [4.78, 5) is 2.29. The molecule has 2 N–H and O–H groups in total. The van der Waals surface area contributed by atoms with Gasteiger partial charge in [-0.25, -0.2) is 0 Å². The molecule has 2 nitrogen and oxygen atoms in total. The van der Waals surface area contributed by atoms with Gasteiger partial charge in [0.15, 0.2) is 0 Å². The van der Waals surface area contributed by atoms with Crippen LogP contribution in [0.3, 0.4) is 0 Å². The fourth-order valence-electron chi connectivity index (χ4n) is 1.27. The standard InChI is InChI=1S/C10H16N2.3HI.K/c1-3-12(4-2)10-7-5-9(11)6-8-10;;;;/h5-8H,3-4,11H2,1-2H3;3*1H;/q;;;;+1/p-1. The van der Waals surface area contributed by atoms with Crippen molar-refractivity contribution in [2.45, 2.75) is 13.8 Å². The van der Waals surface area contributed by atoms with Crippen molar-refractivity contribution in [3.8, 4) is 0 Å². The van der Waals surface area contributed by atoms with Gasteiger partial charge in [0.2, 0.25) is 0 Å². The van der Waals surface area contributed by atoms with Crippen molar-refractivity contribution in [2.75, 3.05) is 23.7 Å². The first-order valence-electron chi connectivity index (χ1n) is 4.38. The van der Waals surface area contributed by atoms with Crippen molar-refractivity contribution in [3.63, 3.8) is 0 Å². The molecule has 0 bridgehead atoms. The molecule has 0 aliphatic carbocycles. The van der Waals surface area contributed by atoms with Gasteiger partial charge in [0.25, 0.3) is 0 Å². The molecule has 0 aliphatic heterocycles. The third-order valence-electron chi connectivity index (χ3n) is 2.02. The Bertz CT molecular complexity index is 240. The van der Waals surface area contributed by atoms with Gasteiger partial charge in [-0.15, -0.1) is 48.0 Å². The number of rotatable bonds is 3. The van der Waals surface area contributed by atoms with E-state index in [1.807, 2.05) is 12.1 Å². The first-order valence-corrected chi connectivity index (χ1v) is 4.38. The summed E-state index contributed by atoms with van der Waals surface area (Å²) < 4.78 is 0. The Hall–Kier alpha value is 2.65. The Kier molecular flexibility index (Phi) is 26.6. The third kappa shape index (κ3) is 9.56. The van der Waals surface area contributed by atoms with Crippen LogP contribution >= 0.6 is 48.0 Å². The quantitative estimate of drug-likeness (QED) is 0.239. The van der Waals surface area contributed by atoms with Crippen molar-refractivity contribution in [2.24, 2.45) is 0 Å². The van der Waals surface area contributed by atoms with E-state index in [1.165, 1.54) is 5.69 Å². The van der Waals surface area contributed by atoms with Crippen molar-refractivity contribution >= 4 is 59.3 Å². The fourth-order valence-corrected chi connectivity index (χ4v) is 1.27. The molecule has 0 amide bonds. The molecule has 0 aromatic heterocycles. The molecule has 6 heteroatoms. The van der Waals surface area contributed by atoms with Gasteiger partial charge >= 0.3 is 51.4 Å². The first-order chi connectivity index (χ1) is 5.77. The molecule has 0 aliphatic rings. The molecule has 1 aromatic carbocycles. The molecule has 0 heterocycles. The van der Waals surface area contributed by atoms with E-state index in [2.05, 4.69) is 30.9 Å². The zero-order chi connectivity index (χ0) is 8.97. The van der Waals surface area contributed by atoms with Crippen molar-refractivity contribution in [1.29, 1.82) is 0 Å². The predicted octanol–water partition coefficient (Wildman–Crippen LogP) is -2.64. The summed E-state index contributed by atoms with van der Waals surface area (Å²) in [7, 11) is 0. The summed E-state index contributed by atoms with van der Waals surface area (Å²) in [5.41, 5.74) is 7.66. The molecule has 90 valence electrons. The zero-order valence-electron chi connectivity index (χ0n) is 9.94. The van der Waals surface area contributed by atoms with Gasteiger partial charge in [-0.05, 0) is 38.1 Å². The van der Waals surface area contributed by atoms with E-state index >= 15 is 0 Å². The minimum Gasteiger partial charge on any atom is -1.00 e. The molecule has 0 atom stereocenters. The summed E-state index contributed by atoms with van der Waals surface area (Å²) in [6, 6.07) is 7.99. The first kappa shape index (κ1) is 27.1. The van der Waals surface area contributed by atoms with Gasteiger partial charge < -0.3 is 34.6 Å². The summed E-state index contributed by atoms with van der Waals surface area (Å²) >= 11 is 0. The van der Waals surface area contributed by atoms with Crippen LogP contribution in [0.25, 0.3) is 0 Å². The van der Waals surface area contributed by atoms with Crippen LogP contribution in [0.4, 0.5) is 11.4 Å². The Morgan fingerprint density at radius 2 is 1.38 bits per heavy atom. The second-order valence-electron chi connectivity index (χ2n) is 2.76. The number of nitrogen functional groups attached to an aromatic ring is 1. The Morgan fingerprint density at radius 3 is 1.69 bits per heavy atom. The Balaban J connectivity index is -0.000000180. The number of hydrogen-bond acceptors (Lipinski definition) is 2. The monoisotopic (exact) mass is 586 g/mol. The van der Waals surface area contributed by atoms with E-state index in [1.54, 1.807) is 0 Å².